The minimum atomic E-state index is -0.0619. The number of likely N-dealkylation sites (tertiary alicyclic amines) is 1. The van der Waals surface area contributed by atoms with E-state index in [0.29, 0.717) is 19.0 Å². The van der Waals surface area contributed by atoms with Gasteiger partial charge in [0.05, 0.1) is 31.6 Å². The van der Waals surface area contributed by atoms with Gasteiger partial charge < -0.3 is 19.7 Å². The Balaban J connectivity index is 1.43. The van der Waals surface area contributed by atoms with E-state index >= 15 is 0 Å². The van der Waals surface area contributed by atoms with E-state index in [2.05, 4.69) is 20.3 Å². The number of pyridine rings is 1. The van der Waals surface area contributed by atoms with Gasteiger partial charge in [0, 0.05) is 57.1 Å². The monoisotopic (exact) mass is 456 g/mol. The minimum Gasteiger partial charge on any atom is -0.481 e. The van der Waals surface area contributed by atoms with Crippen molar-refractivity contribution in [2.75, 3.05) is 46.3 Å². The lowest BCUT2D eigenvalue weighted by atomic mass is 10.2. The van der Waals surface area contributed by atoms with E-state index < -0.39 is 0 Å². The second-order valence-electron chi connectivity index (χ2n) is 8.92. The first kappa shape index (κ1) is 23.2. The summed E-state index contributed by atoms with van der Waals surface area (Å²) < 4.78 is 13.1. The van der Waals surface area contributed by atoms with Gasteiger partial charge in [-0.3, -0.25) is 19.2 Å². The maximum atomic E-state index is 12.1. The van der Waals surface area contributed by atoms with Crippen LogP contribution in [0.2, 0.25) is 0 Å². The van der Waals surface area contributed by atoms with Gasteiger partial charge in [0.1, 0.15) is 6.61 Å². The highest BCUT2D eigenvalue weighted by Gasteiger charge is 2.35. The topological polar surface area (TPSA) is 102 Å². The first-order chi connectivity index (χ1) is 15.9. The lowest BCUT2D eigenvalue weighted by Crippen LogP contribution is -2.35. The summed E-state index contributed by atoms with van der Waals surface area (Å²) in [6.07, 6.45) is 8.06. The lowest BCUT2D eigenvalue weighted by molar-refractivity contribution is -0.134. The Hall–Kier alpha value is -2.98. The van der Waals surface area contributed by atoms with Crippen molar-refractivity contribution in [3.05, 3.63) is 36.3 Å². The van der Waals surface area contributed by atoms with Gasteiger partial charge >= 0.3 is 0 Å². The van der Waals surface area contributed by atoms with Crippen molar-refractivity contribution in [1.82, 2.24) is 24.6 Å². The fourth-order valence-corrected chi connectivity index (χ4v) is 4.07. The maximum absolute atomic E-state index is 12.1. The van der Waals surface area contributed by atoms with Crippen LogP contribution in [0.15, 0.2) is 30.7 Å². The molecule has 178 valence electrons. The molecule has 1 aliphatic carbocycles. The van der Waals surface area contributed by atoms with E-state index in [4.69, 9.17) is 9.47 Å². The number of rotatable bonds is 10. The van der Waals surface area contributed by atoms with Gasteiger partial charge in [-0.2, -0.15) is 5.10 Å². The van der Waals surface area contributed by atoms with Crippen molar-refractivity contribution < 1.29 is 19.1 Å². The molecular weight excluding hydrogens is 424 g/mol. The molecule has 2 fully saturated rings. The van der Waals surface area contributed by atoms with Crippen LogP contribution in [0.25, 0.3) is 0 Å². The molecule has 1 aliphatic heterocycles. The number of nitrogens with one attached hydrogen (secondary N) is 1. The highest BCUT2D eigenvalue weighted by Crippen LogP contribution is 2.32. The summed E-state index contributed by atoms with van der Waals surface area (Å²) >= 11 is 0. The maximum Gasteiger partial charge on any atom is 0.248 e. The number of hydrogen-bond acceptors (Lipinski definition) is 7. The van der Waals surface area contributed by atoms with E-state index in [1.165, 1.54) is 4.90 Å². The third-order valence-electron chi connectivity index (χ3n) is 6.15. The van der Waals surface area contributed by atoms with E-state index in [0.717, 1.165) is 37.1 Å². The van der Waals surface area contributed by atoms with Crippen molar-refractivity contribution in [2.24, 2.45) is 5.92 Å². The van der Waals surface area contributed by atoms with Crippen molar-refractivity contribution in [1.29, 1.82) is 0 Å². The molecule has 2 aliphatic rings. The largest absolute Gasteiger partial charge is 0.481 e. The fraction of sp³-hybridized carbons (Fsp3) is 0.565. The number of hydrogen-bond donors (Lipinski definition) is 1. The zero-order valence-electron chi connectivity index (χ0n) is 19.4. The molecule has 10 nitrogen and oxygen atoms in total. The second-order valence-corrected chi connectivity index (χ2v) is 8.92. The Morgan fingerprint density at radius 3 is 2.85 bits per heavy atom. The molecular formula is C23H32N6O4. The highest BCUT2D eigenvalue weighted by atomic mass is 16.5. The summed E-state index contributed by atoms with van der Waals surface area (Å²) in [4.78, 5) is 32.1. The van der Waals surface area contributed by atoms with Crippen molar-refractivity contribution in [3.8, 4) is 5.88 Å². The summed E-state index contributed by atoms with van der Waals surface area (Å²) in [5.74, 6) is 0.764. The number of carbonyl (C=O) groups excluding carboxylic acids is 2. The zero-order chi connectivity index (χ0) is 23.4. The van der Waals surface area contributed by atoms with Crippen LogP contribution in [0, 0.1) is 5.92 Å². The van der Waals surface area contributed by atoms with Crippen molar-refractivity contribution >= 4 is 17.5 Å². The first-order valence-electron chi connectivity index (χ1n) is 11.3. The summed E-state index contributed by atoms with van der Waals surface area (Å²) in [5.41, 5.74) is 1.72. The molecule has 0 aromatic carbocycles. The van der Waals surface area contributed by atoms with Crippen LogP contribution in [-0.4, -0.2) is 83.4 Å². The zero-order valence-corrected chi connectivity index (χ0v) is 19.4. The highest BCUT2D eigenvalue weighted by molar-refractivity contribution is 5.93. The van der Waals surface area contributed by atoms with Gasteiger partial charge in [0.2, 0.25) is 17.7 Å². The number of ether oxygens (including phenoxy) is 2. The van der Waals surface area contributed by atoms with Crippen LogP contribution >= 0.6 is 0 Å². The number of anilines is 1. The summed E-state index contributed by atoms with van der Waals surface area (Å²) in [7, 11) is 5.05. The molecule has 1 N–H and O–H groups in total. The molecule has 0 radical (unpaired) electrons. The van der Waals surface area contributed by atoms with E-state index in [1.807, 2.05) is 23.0 Å². The number of methoxy groups -OCH3 is 1. The van der Waals surface area contributed by atoms with Crippen molar-refractivity contribution in [2.45, 2.75) is 37.9 Å². The molecule has 33 heavy (non-hydrogen) atoms. The predicted octanol–water partition coefficient (Wildman–Crippen LogP) is 1.56. The van der Waals surface area contributed by atoms with Gasteiger partial charge in [0.25, 0.3) is 0 Å². The molecule has 2 aromatic rings. The number of nitrogens with zero attached hydrogens (tertiary/aromatic N) is 5. The standard InChI is InChI=1S/C23H32N6O4/c1-27(2)21(30)15-33-14-20-9-19(13-28(20)11-17-5-4-8-24-23(17)32-3)29-12-18(10-25-29)26-22(31)16-6-7-16/h4-5,8,10,12,16,19-20H,6-7,9,11,13-15H2,1-3H3,(H,26,31)/t19-,20-/m0/s1. The Morgan fingerprint density at radius 2 is 2.12 bits per heavy atom. The number of likely N-dealkylation sites (N-methyl/N-ethyl adjacent to an activating group) is 1. The van der Waals surface area contributed by atoms with Crippen LogP contribution < -0.4 is 10.1 Å². The Kier molecular flexibility index (Phi) is 7.24. The Bertz CT molecular complexity index is 973. The summed E-state index contributed by atoms with van der Waals surface area (Å²) in [6, 6.07) is 4.13. The first-order valence-corrected chi connectivity index (χ1v) is 11.3. The second kappa shape index (κ2) is 10.3. The van der Waals surface area contributed by atoms with Gasteiger partial charge in [-0.15, -0.1) is 0 Å². The van der Waals surface area contributed by atoms with Crippen LogP contribution in [0.5, 0.6) is 5.88 Å². The Labute approximate surface area is 193 Å². The third kappa shape index (κ3) is 5.88. The molecule has 2 atom stereocenters. The normalized spacial score (nSPS) is 20.6. The molecule has 2 amide bonds. The fourth-order valence-electron chi connectivity index (χ4n) is 4.07. The quantitative estimate of drug-likeness (QED) is 0.579. The van der Waals surface area contributed by atoms with Gasteiger partial charge in [0.15, 0.2) is 0 Å². The number of amides is 2. The van der Waals surface area contributed by atoms with E-state index in [1.54, 1.807) is 33.6 Å². The van der Waals surface area contributed by atoms with Crippen LogP contribution in [-0.2, 0) is 20.9 Å². The molecule has 3 heterocycles. The molecule has 10 heteroatoms. The van der Waals surface area contributed by atoms with Crippen molar-refractivity contribution in [3.63, 3.8) is 0 Å². The summed E-state index contributed by atoms with van der Waals surface area (Å²) in [5, 5.41) is 7.46. The molecule has 1 saturated heterocycles. The molecule has 0 spiro atoms. The van der Waals surface area contributed by atoms with Gasteiger partial charge in [-0.25, -0.2) is 4.98 Å². The molecule has 1 saturated carbocycles. The number of carbonyl (C=O) groups is 2. The molecule has 0 unspecified atom stereocenters. The SMILES string of the molecule is COc1ncccc1CN1C[C@@H](n2cc(NC(=O)C3CC3)cn2)C[C@H]1COCC(=O)N(C)C. The summed E-state index contributed by atoms with van der Waals surface area (Å²) in [6.45, 7) is 1.89. The van der Waals surface area contributed by atoms with Gasteiger partial charge in [-0.1, -0.05) is 6.07 Å². The Morgan fingerprint density at radius 1 is 1.30 bits per heavy atom. The molecule has 0 bridgehead atoms. The average molecular weight is 457 g/mol. The third-order valence-corrected chi connectivity index (χ3v) is 6.15. The minimum absolute atomic E-state index is 0.0529. The number of aromatic nitrogens is 3. The molecule has 2 aromatic heterocycles. The van der Waals surface area contributed by atoms with Crippen LogP contribution in [0.1, 0.15) is 30.9 Å². The predicted molar refractivity (Wildman–Crippen MR) is 122 cm³/mol. The van der Waals surface area contributed by atoms with Gasteiger partial charge in [-0.05, 0) is 25.3 Å². The van der Waals surface area contributed by atoms with E-state index in [9.17, 15) is 9.59 Å². The lowest BCUT2D eigenvalue weighted by Gasteiger charge is -2.24. The van der Waals surface area contributed by atoms with Crippen LogP contribution in [0.3, 0.4) is 0 Å². The molecule has 4 rings (SSSR count). The van der Waals surface area contributed by atoms with E-state index in [-0.39, 0.29) is 36.4 Å². The smallest absolute Gasteiger partial charge is 0.248 e. The average Bonchev–Trinajstić information content (AvgIpc) is 3.44. The van der Waals surface area contributed by atoms with Crippen LogP contribution in [0.4, 0.5) is 5.69 Å².